The van der Waals surface area contributed by atoms with Crippen molar-refractivity contribution in [3.63, 3.8) is 0 Å². The van der Waals surface area contributed by atoms with Gasteiger partial charge in [-0.05, 0) is 51.5 Å². The Hall–Kier alpha value is -3.47. The number of halogens is 3. The number of hydrogen-bond donors (Lipinski definition) is 0. The van der Waals surface area contributed by atoms with Crippen LogP contribution >= 0.6 is 11.8 Å². The van der Waals surface area contributed by atoms with Crippen molar-refractivity contribution in [2.45, 2.75) is 45.9 Å². The zero-order chi connectivity index (χ0) is 28.0. The summed E-state index contributed by atoms with van der Waals surface area (Å²) in [7, 11) is 0. The standard InChI is InChI=1S/C27H27F3N2O5S/c1-5-36-24(33)23-20(14-38-26(35)18-9-7-11-31-13-18)32-16(4)21(25(34)37-15(2)3)22(23)17-8-6-10-19(12-17)27(28,29)30/h6-13,15,21-22H,5,14H2,1-4H3. The highest BCUT2D eigenvalue weighted by atomic mass is 32.2. The van der Waals surface area contributed by atoms with Crippen LogP contribution in [0.2, 0.25) is 0 Å². The SMILES string of the molecule is CCOC(=O)C1=C(CSC(=O)c2cccnc2)N=C(C)C(C(=O)OC(C)C)C1c1cccc(C(F)(F)F)c1. The molecular formula is C27H27F3N2O5S. The first-order chi connectivity index (χ1) is 17.9. The fourth-order valence-electron chi connectivity index (χ4n) is 4.07. The van der Waals surface area contributed by atoms with E-state index < -0.39 is 41.6 Å². The molecule has 0 aliphatic carbocycles. The largest absolute Gasteiger partial charge is 0.463 e. The van der Waals surface area contributed by atoms with Crippen LogP contribution in [0.5, 0.6) is 0 Å². The first kappa shape index (κ1) is 29.1. The number of esters is 2. The molecule has 2 heterocycles. The summed E-state index contributed by atoms with van der Waals surface area (Å²) in [4.78, 5) is 47.6. The van der Waals surface area contributed by atoms with Crippen molar-refractivity contribution >= 4 is 34.5 Å². The Balaban J connectivity index is 2.16. The van der Waals surface area contributed by atoms with Crippen molar-refractivity contribution in [2.75, 3.05) is 12.4 Å². The molecule has 1 aromatic carbocycles. The van der Waals surface area contributed by atoms with E-state index in [1.165, 1.54) is 24.5 Å². The predicted octanol–water partition coefficient (Wildman–Crippen LogP) is 5.62. The maximum atomic E-state index is 13.6. The van der Waals surface area contributed by atoms with Crippen LogP contribution in [0.3, 0.4) is 0 Å². The summed E-state index contributed by atoms with van der Waals surface area (Å²) in [6.45, 7) is 6.39. The third-order valence-electron chi connectivity index (χ3n) is 5.63. The highest BCUT2D eigenvalue weighted by Crippen LogP contribution is 2.42. The molecule has 2 aromatic rings. The van der Waals surface area contributed by atoms with E-state index >= 15 is 0 Å². The van der Waals surface area contributed by atoms with Crippen LogP contribution in [-0.4, -0.2) is 46.2 Å². The van der Waals surface area contributed by atoms with Gasteiger partial charge in [-0.2, -0.15) is 13.2 Å². The molecule has 2 atom stereocenters. The molecule has 0 fully saturated rings. The van der Waals surface area contributed by atoms with Gasteiger partial charge >= 0.3 is 18.1 Å². The number of pyridine rings is 1. The number of rotatable bonds is 8. The minimum atomic E-state index is -4.65. The second-order valence-electron chi connectivity index (χ2n) is 8.72. The van der Waals surface area contributed by atoms with Crippen molar-refractivity contribution in [2.24, 2.45) is 10.9 Å². The minimum Gasteiger partial charge on any atom is -0.463 e. The lowest BCUT2D eigenvalue weighted by Crippen LogP contribution is -2.38. The number of carbonyl (C=O) groups excluding carboxylic acids is 3. The van der Waals surface area contributed by atoms with Gasteiger partial charge in [-0.15, -0.1) is 0 Å². The smallest absolute Gasteiger partial charge is 0.416 e. The maximum Gasteiger partial charge on any atom is 0.416 e. The van der Waals surface area contributed by atoms with E-state index in [2.05, 4.69) is 9.98 Å². The number of nitrogens with zero attached hydrogens (tertiary/aromatic N) is 2. The van der Waals surface area contributed by atoms with E-state index in [1.807, 2.05) is 0 Å². The van der Waals surface area contributed by atoms with E-state index in [0.29, 0.717) is 5.56 Å². The van der Waals surface area contributed by atoms with Gasteiger partial charge < -0.3 is 9.47 Å². The zero-order valence-electron chi connectivity index (χ0n) is 21.2. The van der Waals surface area contributed by atoms with Crippen molar-refractivity contribution in [1.29, 1.82) is 0 Å². The summed E-state index contributed by atoms with van der Waals surface area (Å²) in [5.74, 6) is -4.01. The van der Waals surface area contributed by atoms with Gasteiger partial charge in [0.25, 0.3) is 0 Å². The minimum absolute atomic E-state index is 0.0174. The number of aliphatic imine (C=N–C) groups is 1. The third-order valence-corrected chi connectivity index (χ3v) is 6.54. The molecular weight excluding hydrogens is 521 g/mol. The van der Waals surface area contributed by atoms with E-state index in [0.717, 1.165) is 23.9 Å². The monoisotopic (exact) mass is 548 g/mol. The Bertz CT molecular complexity index is 1260. The lowest BCUT2D eigenvalue weighted by molar-refractivity contribution is -0.150. The van der Waals surface area contributed by atoms with Crippen molar-refractivity contribution in [3.05, 3.63) is 76.8 Å². The third kappa shape index (κ3) is 6.89. The second-order valence-corrected chi connectivity index (χ2v) is 9.66. The highest BCUT2D eigenvalue weighted by Gasteiger charge is 2.44. The number of thioether (sulfide) groups is 1. The van der Waals surface area contributed by atoms with Gasteiger partial charge in [0.05, 0.1) is 29.5 Å². The van der Waals surface area contributed by atoms with Gasteiger partial charge in [0.2, 0.25) is 5.12 Å². The summed E-state index contributed by atoms with van der Waals surface area (Å²) >= 11 is 0.854. The number of alkyl halides is 3. The average Bonchev–Trinajstić information content (AvgIpc) is 2.86. The summed E-state index contributed by atoms with van der Waals surface area (Å²) in [6, 6.07) is 7.64. The summed E-state index contributed by atoms with van der Waals surface area (Å²) in [5.41, 5.74) is -0.232. The average molecular weight is 549 g/mol. The molecule has 0 saturated carbocycles. The van der Waals surface area contributed by atoms with Gasteiger partial charge in [-0.1, -0.05) is 30.0 Å². The fourth-order valence-corrected chi connectivity index (χ4v) is 4.85. The van der Waals surface area contributed by atoms with Gasteiger partial charge in [0, 0.05) is 35.3 Å². The lowest BCUT2D eigenvalue weighted by Gasteiger charge is -2.33. The van der Waals surface area contributed by atoms with Crippen LogP contribution in [0.15, 0.2) is 65.1 Å². The Morgan fingerprint density at radius 3 is 2.47 bits per heavy atom. The summed E-state index contributed by atoms with van der Waals surface area (Å²) < 4.78 is 51.5. The molecule has 0 N–H and O–H groups in total. The van der Waals surface area contributed by atoms with Crippen LogP contribution in [0.1, 0.15) is 55.1 Å². The number of carbonyl (C=O) groups is 3. The molecule has 202 valence electrons. The molecule has 0 radical (unpaired) electrons. The lowest BCUT2D eigenvalue weighted by atomic mass is 9.75. The molecule has 1 aliphatic rings. The predicted molar refractivity (Wildman–Crippen MR) is 137 cm³/mol. The maximum absolute atomic E-state index is 13.6. The molecule has 1 aliphatic heterocycles. The van der Waals surface area contributed by atoms with Crippen molar-refractivity contribution in [1.82, 2.24) is 4.98 Å². The van der Waals surface area contributed by atoms with Gasteiger partial charge in [0.15, 0.2) is 0 Å². The Morgan fingerprint density at radius 1 is 1.13 bits per heavy atom. The van der Waals surface area contributed by atoms with Crippen LogP contribution in [-0.2, 0) is 25.2 Å². The molecule has 1 aromatic heterocycles. The number of benzene rings is 1. The molecule has 7 nitrogen and oxygen atoms in total. The summed E-state index contributed by atoms with van der Waals surface area (Å²) in [6.07, 6.45) is -2.24. The molecule has 11 heteroatoms. The van der Waals surface area contributed by atoms with Gasteiger partial charge in [0.1, 0.15) is 5.92 Å². The van der Waals surface area contributed by atoms with Crippen LogP contribution in [0, 0.1) is 5.92 Å². The van der Waals surface area contributed by atoms with E-state index in [9.17, 15) is 27.6 Å². The van der Waals surface area contributed by atoms with Crippen molar-refractivity contribution < 1.29 is 37.0 Å². The second kappa shape index (κ2) is 12.4. The van der Waals surface area contributed by atoms with E-state index in [4.69, 9.17) is 9.47 Å². The Kier molecular flexibility index (Phi) is 9.48. The molecule has 0 amide bonds. The molecule has 0 bridgehead atoms. The van der Waals surface area contributed by atoms with E-state index in [-0.39, 0.29) is 40.0 Å². The highest BCUT2D eigenvalue weighted by molar-refractivity contribution is 8.14. The van der Waals surface area contributed by atoms with Gasteiger partial charge in [-0.3, -0.25) is 19.6 Å². The molecule has 3 rings (SSSR count). The normalized spacial score (nSPS) is 17.7. The Morgan fingerprint density at radius 2 is 1.87 bits per heavy atom. The van der Waals surface area contributed by atoms with E-state index in [1.54, 1.807) is 39.8 Å². The molecule has 2 unspecified atom stereocenters. The van der Waals surface area contributed by atoms with Gasteiger partial charge in [-0.25, -0.2) is 4.79 Å². The molecule has 0 spiro atoms. The number of aromatic nitrogens is 1. The molecule has 0 saturated heterocycles. The number of ether oxygens (including phenoxy) is 2. The summed E-state index contributed by atoms with van der Waals surface area (Å²) in [5, 5.41) is -0.335. The molecule has 38 heavy (non-hydrogen) atoms. The van der Waals surface area contributed by atoms with Crippen LogP contribution < -0.4 is 0 Å². The topological polar surface area (TPSA) is 94.9 Å². The van der Waals surface area contributed by atoms with Crippen LogP contribution in [0.25, 0.3) is 0 Å². The first-order valence-corrected chi connectivity index (χ1v) is 12.8. The van der Waals surface area contributed by atoms with Crippen LogP contribution in [0.4, 0.5) is 13.2 Å². The first-order valence-electron chi connectivity index (χ1n) is 11.8. The quantitative estimate of drug-likeness (QED) is 0.396. The zero-order valence-corrected chi connectivity index (χ0v) is 22.1. The Labute approximate surface area is 222 Å². The van der Waals surface area contributed by atoms with Crippen molar-refractivity contribution in [3.8, 4) is 0 Å². The number of hydrogen-bond acceptors (Lipinski definition) is 8. The fraction of sp³-hybridized carbons (Fsp3) is 0.370.